The molecule has 1 aliphatic heterocycles. The Bertz CT molecular complexity index is 973. The van der Waals surface area contributed by atoms with Crippen LogP contribution in [0.4, 0.5) is 5.82 Å². The van der Waals surface area contributed by atoms with Crippen molar-refractivity contribution >= 4 is 18.2 Å². The minimum atomic E-state index is 0. The van der Waals surface area contributed by atoms with Crippen molar-refractivity contribution in [1.29, 1.82) is 0 Å². The zero-order valence-corrected chi connectivity index (χ0v) is 18.3. The van der Waals surface area contributed by atoms with Gasteiger partial charge in [-0.2, -0.15) is 15.0 Å². The molecule has 10 heteroatoms. The lowest BCUT2D eigenvalue weighted by Gasteiger charge is -2.46. The number of rotatable bonds is 4. The van der Waals surface area contributed by atoms with E-state index in [4.69, 9.17) is 0 Å². The first kappa shape index (κ1) is 21.9. The molecule has 0 unspecified atom stereocenters. The highest BCUT2D eigenvalue weighted by Gasteiger charge is 2.37. The summed E-state index contributed by atoms with van der Waals surface area (Å²) in [6.45, 7) is 8.84. The topological polar surface area (TPSA) is 114 Å². The van der Waals surface area contributed by atoms with E-state index in [1.165, 1.54) is 4.80 Å². The van der Waals surface area contributed by atoms with Gasteiger partial charge in [0.1, 0.15) is 5.75 Å². The molecule has 1 saturated heterocycles. The second-order valence-corrected chi connectivity index (χ2v) is 8.83. The molecule has 160 valence electrons. The van der Waals surface area contributed by atoms with Gasteiger partial charge in [-0.3, -0.25) is 0 Å². The average Bonchev–Trinajstić information content (AvgIpc) is 3.14. The van der Waals surface area contributed by atoms with E-state index in [0.29, 0.717) is 22.9 Å². The van der Waals surface area contributed by atoms with Gasteiger partial charge in [0.2, 0.25) is 0 Å². The highest BCUT2D eigenvalue weighted by Crippen LogP contribution is 2.31. The molecule has 3 N–H and O–H groups in total. The maximum absolute atomic E-state index is 10.4. The third-order valence-electron chi connectivity index (χ3n) is 4.98. The number of hydrogen-bond acceptors (Lipinski definition) is 8. The Morgan fingerprint density at radius 1 is 1.07 bits per heavy atom. The van der Waals surface area contributed by atoms with Gasteiger partial charge in [0.25, 0.3) is 0 Å². The van der Waals surface area contributed by atoms with Gasteiger partial charge >= 0.3 is 0 Å². The van der Waals surface area contributed by atoms with E-state index in [1.807, 2.05) is 0 Å². The maximum Gasteiger partial charge on any atom is 0.185 e. The number of piperidine rings is 1. The van der Waals surface area contributed by atoms with Gasteiger partial charge < -0.3 is 15.7 Å². The van der Waals surface area contributed by atoms with Crippen molar-refractivity contribution in [2.45, 2.75) is 57.7 Å². The number of halogens is 1. The summed E-state index contributed by atoms with van der Waals surface area (Å²) in [4.78, 5) is 5.82. The van der Waals surface area contributed by atoms with Crippen LogP contribution in [-0.2, 0) is 0 Å². The molecule has 0 atom stereocenters. The predicted octanol–water partition coefficient (Wildman–Crippen LogP) is 2.97. The van der Waals surface area contributed by atoms with Crippen LogP contribution in [-0.4, -0.2) is 52.4 Å². The molecule has 0 radical (unpaired) electrons. The quantitative estimate of drug-likeness (QED) is 0.578. The van der Waals surface area contributed by atoms with E-state index >= 15 is 0 Å². The number of nitrogens with zero attached hydrogens (tertiary/aromatic N) is 6. The van der Waals surface area contributed by atoms with Crippen molar-refractivity contribution in [3.63, 3.8) is 0 Å². The number of phenols is 1. The third-order valence-corrected chi connectivity index (χ3v) is 4.98. The van der Waals surface area contributed by atoms with Gasteiger partial charge in [0, 0.05) is 23.2 Å². The molecule has 1 fully saturated rings. The van der Waals surface area contributed by atoms with Crippen LogP contribution in [0.3, 0.4) is 0 Å². The van der Waals surface area contributed by atoms with E-state index in [2.05, 4.69) is 63.7 Å². The zero-order chi connectivity index (χ0) is 20.6. The number of anilines is 1. The van der Waals surface area contributed by atoms with E-state index in [0.717, 1.165) is 12.8 Å². The second kappa shape index (κ2) is 8.16. The summed E-state index contributed by atoms with van der Waals surface area (Å²) in [6.07, 6.45) is 6.77. The Hall–Kier alpha value is -2.78. The second-order valence-electron chi connectivity index (χ2n) is 8.83. The van der Waals surface area contributed by atoms with Crippen LogP contribution in [0.15, 0.2) is 36.8 Å². The van der Waals surface area contributed by atoms with Crippen molar-refractivity contribution in [2.24, 2.45) is 0 Å². The number of benzene rings is 1. The van der Waals surface area contributed by atoms with Crippen molar-refractivity contribution in [2.75, 3.05) is 5.32 Å². The van der Waals surface area contributed by atoms with Gasteiger partial charge in [0.05, 0.1) is 29.8 Å². The Morgan fingerprint density at radius 2 is 1.73 bits per heavy atom. The first-order valence-electron chi connectivity index (χ1n) is 9.66. The van der Waals surface area contributed by atoms with E-state index in [-0.39, 0.29) is 35.3 Å². The molecule has 9 nitrogen and oxygen atoms in total. The van der Waals surface area contributed by atoms with Crippen LogP contribution in [0, 0.1) is 0 Å². The zero-order valence-electron chi connectivity index (χ0n) is 17.5. The first-order chi connectivity index (χ1) is 13.7. The summed E-state index contributed by atoms with van der Waals surface area (Å²) in [5.41, 5.74) is 1.23. The lowest BCUT2D eigenvalue weighted by molar-refractivity contribution is 0.170. The van der Waals surface area contributed by atoms with Gasteiger partial charge in [-0.05, 0) is 52.7 Å². The largest absolute Gasteiger partial charge is 0.507 e. The molecule has 0 aliphatic carbocycles. The Morgan fingerprint density at radius 3 is 2.30 bits per heavy atom. The monoisotopic (exact) mass is 430 g/mol. The summed E-state index contributed by atoms with van der Waals surface area (Å²) in [5.74, 6) is 1.03. The molecule has 3 heterocycles. The van der Waals surface area contributed by atoms with Crippen LogP contribution < -0.4 is 10.6 Å². The van der Waals surface area contributed by atoms with Crippen molar-refractivity contribution in [1.82, 2.24) is 35.5 Å². The van der Waals surface area contributed by atoms with Crippen molar-refractivity contribution in [3.8, 4) is 22.8 Å². The molecule has 0 spiro atoms. The fourth-order valence-corrected chi connectivity index (χ4v) is 4.28. The summed E-state index contributed by atoms with van der Waals surface area (Å²) in [5, 5.41) is 34.1. The minimum Gasteiger partial charge on any atom is -0.507 e. The molecule has 0 bridgehead atoms. The fraction of sp³-hybridized carbons (Fsp3) is 0.450. The normalized spacial score (nSPS) is 17.9. The summed E-state index contributed by atoms with van der Waals surface area (Å²) in [7, 11) is 0. The number of aromatic hydroxyl groups is 1. The van der Waals surface area contributed by atoms with Crippen LogP contribution in [0.2, 0.25) is 0 Å². The molecule has 1 aliphatic rings. The van der Waals surface area contributed by atoms with Crippen LogP contribution in [0.1, 0.15) is 40.5 Å². The Kier molecular flexibility index (Phi) is 5.96. The highest BCUT2D eigenvalue weighted by atomic mass is 35.5. The van der Waals surface area contributed by atoms with E-state index in [1.54, 1.807) is 36.8 Å². The fourth-order valence-electron chi connectivity index (χ4n) is 4.28. The minimum absolute atomic E-state index is 0. The first-order valence-corrected chi connectivity index (χ1v) is 9.66. The van der Waals surface area contributed by atoms with Gasteiger partial charge in [0.15, 0.2) is 11.6 Å². The summed E-state index contributed by atoms with van der Waals surface area (Å²) >= 11 is 0. The van der Waals surface area contributed by atoms with Crippen LogP contribution in [0.5, 0.6) is 5.75 Å². The molecule has 0 amide bonds. The molecule has 4 rings (SSSR count). The van der Waals surface area contributed by atoms with Gasteiger partial charge in [-0.25, -0.2) is 4.98 Å². The molecule has 1 aromatic carbocycles. The van der Waals surface area contributed by atoms with E-state index in [9.17, 15) is 5.11 Å². The molecular weight excluding hydrogens is 404 g/mol. The summed E-state index contributed by atoms with van der Waals surface area (Å²) in [6, 6.07) is 5.38. The molecular formula is C20H27ClN8O. The SMILES string of the molecule is CC1(C)CC(Nc2cnc(-c3ccc(-n4nccn4)cc3O)nn2)CC(C)(C)N1.Cl. The Balaban J connectivity index is 0.00000256. The smallest absolute Gasteiger partial charge is 0.185 e. The molecule has 3 aromatic rings. The molecule has 2 aromatic heterocycles. The van der Waals surface area contributed by atoms with Crippen molar-refractivity contribution < 1.29 is 5.11 Å². The van der Waals surface area contributed by atoms with E-state index < -0.39 is 0 Å². The van der Waals surface area contributed by atoms with Crippen LogP contribution >= 0.6 is 12.4 Å². The lowest BCUT2D eigenvalue weighted by atomic mass is 9.79. The summed E-state index contributed by atoms with van der Waals surface area (Å²) < 4.78 is 0. The Labute approximate surface area is 181 Å². The number of nitrogens with one attached hydrogen (secondary N) is 2. The number of hydrogen-bond donors (Lipinski definition) is 3. The predicted molar refractivity (Wildman–Crippen MR) is 117 cm³/mol. The lowest BCUT2D eigenvalue weighted by Crippen LogP contribution is -2.60. The van der Waals surface area contributed by atoms with Crippen molar-refractivity contribution in [3.05, 3.63) is 36.8 Å². The third kappa shape index (κ3) is 4.85. The molecule has 0 saturated carbocycles. The molecule has 30 heavy (non-hydrogen) atoms. The van der Waals surface area contributed by atoms with Gasteiger partial charge in [-0.15, -0.1) is 22.6 Å². The standard InChI is InChI=1S/C20H26N8O.ClH/c1-19(2)10-13(11-20(3,4)27-19)24-17-12-21-18(26-25-17)15-6-5-14(9-16(15)29)28-22-7-8-23-28;/h5-9,12-13,27,29H,10-11H2,1-4H3,(H,24,25);1H. The number of aromatic nitrogens is 6. The average molecular weight is 431 g/mol. The number of phenolic OH excluding ortho intramolecular Hbond substituents is 1. The van der Waals surface area contributed by atoms with Crippen LogP contribution in [0.25, 0.3) is 17.1 Å². The highest BCUT2D eigenvalue weighted by molar-refractivity contribution is 5.85. The maximum atomic E-state index is 10.4. The van der Waals surface area contributed by atoms with Gasteiger partial charge in [-0.1, -0.05) is 0 Å².